The van der Waals surface area contributed by atoms with E-state index >= 15 is 0 Å². The number of aromatic nitrogens is 1. The largest absolute Gasteiger partial charge is 0.480 e. The van der Waals surface area contributed by atoms with Gasteiger partial charge in [-0.15, -0.1) is 0 Å². The summed E-state index contributed by atoms with van der Waals surface area (Å²) in [6, 6.07) is 2.07. The standard InChI is InChI=1S/C16H23N3O6S/c1-17-10-16(9-12(17)15(22)23)5-7-19(8-6-16)26(24,25)13-4-3-11(14(20)21)18(13)2/h3-4,12H,5-10H2,1-2H3,(H,20,21)(H,22,23)/t12-/m1/s1. The molecule has 9 nitrogen and oxygen atoms in total. The number of likely N-dealkylation sites (tertiary alicyclic amines) is 1. The average Bonchev–Trinajstić information content (AvgIpc) is 3.09. The number of aliphatic carboxylic acids is 1. The van der Waals surface area contributed by atoms with Crippen LogP contribution in [0.25, 0.3) is 0 Å². The highest BCUT2D eigenvalue weighted by Gasteiger charge is 2.48. The van der Waals surface area contributed by atoms with Crippen LogP contribution in [0.5, 0.6) is 0 Å². The summed E-state index contributed by atoms with van der Waals surface area (Å²) in [7, 11) is -0.584. The quantitative estimate of drug-likeness (QED) is 0.764. The number of nitrogens with zero attached hydrogens (tertiary/aromatic N) is 3. The molecule has 0 aromatic carbocycles. The monoisotopic (exact) mass is 385 g/mol. The van der Waals surface area contributed by atoms with Crippen LogP contribution in [-0.2, 0) is 21.9 Å². The number of carboxylic acid groups (broad SMARTS) is 2. The summed E-state index contributed by atoms with van der Waals surface area (Å²) in [6.45, 7) is 1.25. The molecule has 2 aliphatic heterocycles. The van der Waals surface area contributed by atoms with Crippen LogP contribution in [0.3, 0.4) is 0 Å². The van der Waals surface area contributed by atoms with Gasteiger partial charge in [-0.3, -0.25) is 9.69 Å². The molecule has 0 saturated carbocycles. The molecule has 0 bridgehead atoms. The highest BCUT2D eigenvalue weighted by Crippen LogP contribution is 2.43. The maximum atomic E-state index is 12.9. The third-order valence-electron chi connectivity index (χ3n) is 5.71. The molecule has 2 N–H and O–H groups in total. The van der Waals surface area contributed by atoms with Crippen LogP contribution in [0.2, 0.25) is 0 Å². The molecule has 26 heavy (non-hydrogen) atoms. The molecule has 1 atom stereocenters. The Hall–Kier alpha value is -1.91. The summed E-state index contributed by atoms with van der Waals surface area (Å²) < 4.78 is 28.3. The van der Waals surface area contributed by atoms with Crippen molar-refractivity contribution in [3.8, 4) is 0 Å². The van der Waals surface area contributed by atoms with E-state index in [1.165, 1.54) is 28.1 Å². The van der Waals surface area contributed by atoms with E-state index in [0.29, 0.717) is 38.9 Å². The molecule has 0 unspecified atom stereocenters. The summed E-state index contributed by atoms with van der Waals surface area (Å²) >= 11 is 0. The molecular weight excluding hydrogens is 362 g/mol. The molecule has 0 amide bonds. The molecule has 1 spiro atoms. The van der Waals surface area contributed by atoms with E-state index in [0.717, 1.165) is 0 Å². The number of hydrogen-bond acceptors (Lipinski definition) is 5. The molecule has 10 heteroatoms. The molecule has 2 fully saturated rings. The van der Waals surface area contributed by atoms with Crippen molar-refractivity contribution in [2.24, 2.45) is 12.5 Å². The minimum absolute atomic E-state index is 0.0437. The Bertz CT molecular complexity index is 838. The number of sulfonamides is 1. The van der Waals surface area contributed by atoms with Gasteiger partial charge in [-0.05, 0) is 43.9 Å². The summed E-state index contributed by atoms with van der Waals surface area (Å²) in [6.07, 6.45) is 1.72. The van der Waals surface area contributed by atoms with Crippen molar-refractivity contribution in [3.63, 3.8) is 0 Å². The highest BCUT2D eigenvalue weighted by atomic mass is 32.2. The molecule has 2 saturated heterocycles. The van der Waals surface area contributed by atoms with Crippen molar-refractivity contribution >= 4 is 22.0 Å². The molecule has 0 radical (unpaired) electrons. The van der Waals surface area contributed by atoms with E-state index in [2.05, 4.69) is 0 Å². The van der Waals surface area contributed by atoms with E-state index in [4.69, 9.17) is 5.11 Å². The molecule has 144 valence electrons. The lowest BCUT2D eigenvalue weighted by Gasteiger charge is -2.38. The van der Waals surface area contributed by atoms with Crippen LogP contribution in [0.4, 0.5) is 0 Å². The number of likely N-dealkylation sites (N-methyl/N-ethyl adjacent to an activating group) is 1. The fourth-order valence-corrected chi connectivity index (χ4v) is 5.82. The van der Waals surface area contributed by atoms with Gasteiger partial charge in [0.05, 0.1) is 0 Å². The SMILES string of the molecule is CN1CC2(CCN(S(=O)(=O)c3ccc(C(=O)O)n3C)CC2)C[C@@H]1C(=O)O. The maximum Gasteiger partial charge on any atom is 0.352 e. The van der Waals surface area contributed by atoms with Crippen LogP contribution < -0.4 is 0 Å². The first-order chi connectivity index (χ1) is 12.1. The fourth-order valence-electron chi connectivity index (χ4n) is 4.21. The Morgan fingerprint density at radius 1 is 1.15 bits per heavy atom. The normalized spacial score (nSPS) is 24.2. The minimum atomic E-state index is -3.79. The zero-order valence-corrected chi connectivity index (χ0v) is 15.6. The summed E-state index contributed by atoms with van der Waals surface area (Å²) in [5.74, 6) is -2.02. The van der Waals surface area contributed by atoms with Gasteiger partial charge >= 0.3 is 11.9 Å². The molecule has 3 rings (SSSR count). The Balaban J connectivity index is 1.76. The first-order valence-electron chi connectivity index (χ1n) is 8.40. The van der Waals surface area contributed by atoms with Crippen molar-refractivity contribution in [2.45, 2.75) is 30.3 Å². The van der Waals surface area contributed by atoms with Crippen LogP contribution in [0.15, 0.2) is 17.2 Å². The molecular formula is C16H23N3O6S. The second kappa shape index (κ2) is 6.36. The van der Waals surface area contributed by atoms with Crippen LogP contribution in [0, 0.1) is 5.41 Å². The van der Waals surface area contributed by atoms with E-state index in [-0.39, 0.29) is 16.1 Å². The fraction of sp³-hybridized carbons (Fsp3) is 0.625. The summed E-state index contributed by atoms with van der Waals surface area (Å²) in [4.78, 5) is 24.3. The molecule has 2 aliphatic rings. The Kier molecular flexibility index (Phi) is 4.62. The Morgan fingerprint density at radius 2 is 1.77 bits per heavy atom. The van der Waals surface area contributed by atoms with Crippen LogP contribution in [0.1, 0.15) is 29.8 Å². The lowest BCUT2D eigenvalue weighted by molar-refractivity contribution is -0.141. The van der Waals surface area contributed by atoms with Gasteiger partial charge in [0.2, 0.25) is 0 Å². The number of hydrogen-bond donors (Lipinski definition) is 2. The first kappa shape index (κ1) is 18.9. The summed E-state index contributed by atoms with van der Waals surface area (Å²) in [5, 5.41) is 18.4. The van der Waals surface area contributed by atoms with Gasteiger partial charge in [0.25, 0.3) is 10.0 Å². The lowest BCUT2D eigenvalue weighted by Crippen LogP contribution is -2.44. The smallest absolute Gasteiger partial charge is 0.352 e. The number of piperidine rings is 1. The lowest BCUT2D eigenvalue weighted by atomic mass is 9.77. The molecule has 1 aromatic heterocycles. The van der Waals surface area contributed by atoms with Crippen LogP contribution >= 0.6 is 0 Å². The number of rotatable bonds is 4. The third-order valence-corrected chi connectivity index (χ3v) is 7.69. The number of aromatic carboxylic acids is 1. The first-order valence-corrected chi connectivity index (χ1v) is 9.84. The van der Waals surface area contributed by atoms with E-state index in [1.54, 1.807) is 7.05 Å². The van der Waals surface area contributed by atoms with Crippen molar-refractivity contribution in [2.75, 3.05) is 26.7 Å². The predicted octanol–water partition coefficient (Wildman–Crippen LogP) is 0.283. The van der Waals surface area contributed by atoms with Gasteiger partial charge in [-0.25, -0.2) is 13.2 Å². The zero-order valence-electron chi connectivity index (χ0n) is 14.8. The van der Waals surface area contributed by atoms with Gasteiger partial charge < -0.3 is 14.8 Å². The predicted molar refractivity (Wildman–Crippen MR) is 91.5 cm³/mol. The topological polar surface area (TPSA) is 120 Å². The van der Waals surface area contributed by atoms with Crippen LogP contribution in [-0.4, -0.2) is 77.1 Å². The zero-order chi connectivity index (χ0) is 19.3. The average molecular weight is 385 g/mol. The van der Waals surface area contributed by atoms with Gasteiger partial charge in [0, 0.05) is 26.7 Å². The van der Waals surface area contributed by atoms with E-state index in [1.807, 2.05) is 4.90 Å². The molecule has 1 aromatic rings. The maximum absolute atomic E-state index is 12.9. The summed E-state index contributed by atoms with van der Waals surface area (Å²) in [5.41, 5.74) is -0.261. The number of carboxylic acids is 2. The van der Waals surface area contributed by atoms with E-state index < -0.39 is 28.0 Å². The van der Waals surface area contributed by atoms with E-state index in [9.17, 15) is 23.1 Å². The highest BCUT2D eigenvalue weighted by molar-refractivity contribution is 7.89. The van der Waals surface area contributed by atoms with Gasteiger partial charge in [-0.2, -0.15) is 4.31 Å². The minimum Gasteiger partial charge on any atom is -0.480 e. The van der Waals surface area contributed by atoms with Gasteiger partial charge in [-0.1, -0.05) is 0 Å². The Labute approximate surface area is 151 Å². The van der Waals surface area contributed by atoms with Crippen molar-refractivity contribution in [1.82, 2.24) is 13.8 Å². The third kappa shape index (κ3) is 3.01. The van der Waals surface area contributed by atoms with Crippen molar-refractivity contribution in [3.05, 3.63) is 17.8 Å². The van der Waals surface area contributed by atoms with Gasteiger partial charge in [0.15, 0.2) is 5.03 Å². The molecule has 3 heterocycles. The Morgan fingerprint density at radius 3 is 2.23 bits per heavy atom. The van der Waals surface area contributed by atoms with Gasteiger partial charge in [0.1, 0.15) is 11.7 Å². The second-order valence-electron chi connectivity index (χ2n) is 7.30. The van der Waals surface area contributed by atoms with Crippen molar-refractivity contribution in [1.29, 1.82) is 0 Å². The molecule has 0 aliphatic carbocycles. The second-order valence-corrected chi connectivity index (χ2v) is 9.18. The number of carbonyl (C=O) groups is 2. The van der Waals surface area contributed by atoms with Crippen molar-refractivity contribution < 1.29 is 28.2 Å².